The van der Waals surface area contributed by atoms with Crippen molar-refractivity contribution in [3.63, 3.8) is 0 Å². The number of benzene rings is 1. The molecule has 2 N–H and O–H groups in total. The maximum Gasteiger partial charge on any atom is 0.248 e. The lowest BCUT2D eigenvalue weighted by molar-refractivity contribution is 0.362. The summed E-state index contributed by atoms with van der Waals surface area (Å²) in [5, 5.41) is 3.89. The van der Waals surface area contributed by atoms with E-state index >= 15 is 0 Å². The third kappa shape index (κ3) is 2.28. The number of rotatable bonds is 4. The highest BCUT2D eigenvalue weighted by atomic mass is 16.5. The third-order valence-electron chi connectivity index (χ3n) is 2.38. The Balaban J connectivity index is 2.17. The van der Waals surface area contributed by atoms with E-state index in [4.69, 9.17) is 10.3 Å². The Bertz CT molecular complexity index is 439. The zero-order valence-electron chi connectivity index (χ0n) is 9.26. The van der Waals surface area contributed by atoms with E-state index in [1.807, 2.05) is 30.3 Å². The van der Waals surface area contributed by atoms with Crippen molar-refractivity contribution >= 4 is 0 Å². The average Bonchev–Trinajstić information content (AvgIpc) is 2.78. The van der Waals surface area contributed by atoms with Gasteiger partial charge in [0.25, 0.3) is 0 Å². The van der Waals surface area contributed by atoms with Crippen molar-refractivity contribution in [3.05, 3.63) is 47.6 Å². The van der Waals surface area contributed by atoms with Crippen LogP contribution in [-0.2, 0) is 6.42 Å². The fourth-order valence-electron chi connectivity index (χ4n) is 1.52. The summed E-state index contributed by atoms with van der Waals surface area (Å²) < 4.78 is 5.15. The second kappa shape index (κ2) is 4.90. The molecule has 0 saturated heterocycles. The summed E-state index contributed by atoms with van der Waals surface area (Å²) in [6, 6.07) is 9.41. The number of nitrogens with two attached hydrogens (primary N) is 1. The van der Waals surface area contributed by atoms with Crippen LogP contribution in [0.3, 0.4) is 0 Å². The maximum atomic E-state index is 6.03. The second-order valence-corrected chi connectivity index (χ2v) is 3.69. The van der Waals surface area contributed by atoms with Crippen LogP contribution in [0.5, 0.6) is 0 Å². The molecule has 0 aliphatic rings. The van der Waals surface area contributed by atoms with Gasteiger partial charge in [-0.25, -0.2) is 0 Å². The van der Waals surface area contributed by atoms with Crippen LogP contribution in [0.4, 0.5) is 0 Å². The van der Waals surface area contributed by atoms with Crippen molar-refractivity contribution in [3.8, 4) is 0 Å². The van der Waals surface area contributed by atoms with E-state index in [1.54, 1.807) is 0 Å². The van der Waals surface area contributed by atoms with E-state index in [0.29, 0.717) is 5.89 Å². The fourth-order valence-corrected chi connectivity index (χ4v) is 1.52. The third-order valence-corrected chi connectivity index (χ3v) is 2.38. The minimum absolute atomic E-state index is 0.334. The number of hydrogen-bond donors (Lipinski definition) is 1. The predicted molar refractivity (Wildman–Crippen MR) is 60.8 cm³/mol. The van der Waals surface area contributed by atoms with E-state index in [9.17, 15) is 0 Å². The molecule has 0 bridgehead atoms. The van der Waals surface area contributed by atoms with E-state index < -0.39 is 0 Å². The Hall–Kier alpha value is -1.68. The van der Waals surface area contributed by atoms with Gasteiger partial charge in [-0.3, -0.25) is 0 Å². The van der Waals surface area contributed by atoms with Gasteiger partial charge in [0.1, 0.15) is 6.04 Å². The lowest BCUT2D eigenvalue weighted by Gasteiger charge is -2.05. The first-order valence-corrected chi connectivity index (χ1v) is 5.44. The minimum atomic E-state index is -0.334. The van der Waals surface area contributed by atoms with Gasteiger partial charge in [-0.1, -0.05) is 42.4 Å². The summed E-state index contributed by atoms with van der Waals surface area (Å²) >= 11 is 0. The first-order valence-electron chi connectivity index (χ1n) is 5.44. The molecule has 16 heavy (non-hydrogen) atoms. The van der Waals surface area contributed by atoms with Gasteiger partial charge in [0.2, 0.25) is 5.89 Å². The Morgan fingerprint density at radius 1 is 1.31 bits per heavy atom. The molecule has 1 aromatic carbocycles. The van der Waals surface area contributed by atoms with Crippen LogP contribution in [0.1, 0.15) is 36.7 Å². The number of aryl methyl sites for hydroxylation is 1. The Labute approximate surface area is 94.5 Å². The van der Waals surface area contributed by atoms with Gasteiger partial charge in [0.15, 0.2) is 5.82 Å². The van der Waals surface area contributed by atoms with Crippen molar-refractivity contribution in [1.29, 1.82) is 0 Å². The molecule has 0 amide bonds. The smallest absolute Gasteiger partial charge is 0.248 e. The standard InChI is InChI=1S/C12H15N3O/c1-2-6-10-14-12(16-15-10)11(13)9-7-4-3-5-8-9/h3-5,7-8,11H,2,6,13H2,1H3/t11-/m0/s1. The highest BCUT2D eigenvalue weighted by Gasteiger charge is 2.15. The number of aromatic nitrogens is 2. The molecule has 1 atom stereocenters. The first kappa shape index (κ1) is 10.8. The number of hydrogen-bond acceptors (Lipinski definition) is 4. The summed E-state index contributed by atoms with van der Waals surface area (Å²) in [5.74, 6) is 1.21. The Morgan fingerprint density at radius 2 is 2.06 bits per heavy atom. The van der Waals surface area contributed by atoms with Gasteiger partial charge in [0, 0.05) is 6.42 Å². The van der Waals surface area contributed by atoms with E-state index in [2.05, 4.69) is 17.1 Å². The molecule has 1 heterocycles. The maximum absolute atomic E-state index is 6.03. The molecule has 4 nitrogen and oxygen atoms in total. The summed E-state index contributed by atoms with van der Waals surface area (Å²) in [4.78, 5) is 4.27. The van der Waals surface area contributed by atoms with Crippen LogP contribution < -0.4 is 5.73 Å². The van der Waals surface area contributed by atoms with Crippen molar-refractivity contribution in [2.45, 2.75) is 25.8 Å². The van der Waals surface area contributed by atoms with Gasteiger partial charge in [-0.2, -0.15) is 4.98 Å². The summed E-state index contributed by atoms with van der Waals surface area (Å²) in [6.07, 6.45) is 1.82. The predicted octanol–water partition coefficient (Wildman–Crippen LogP) is 2.07. The van der Waals surface area contributed by atoms with Gasteiger partial charge in [-0.05, 0) is 12.0 Å². The van der Waals surface area contributed by atoms with E-state index in [0.717, 1.165) is 24.2 Å². The molecule has 0 saturated carbocycles. The lowest BCUT2D eigenvalue weighted by atomic mass is 10.1. The molecular formula is C12H15N3O. The largest absolute Gasteiger partial charge is 0.337 e. The zero-order chi connectivity index (χ0) is 11.4. The molecule has 0 unspecified atom stereocenters. The molecule has 0 aliphatic heterocycles. The Morgan fingerprint density at radius 3 is 2.75 bits per heavy atom. The molecule has 1 aromatic heterocycles. The minimum Gasteiger partial charge on any atom is -0.337 e. The van der Waals surface area contributed by atoms with Crippen molar-refractivity contribution in [2.24, 2.45) is 5.73 Å². The topological polar surface area (TPSA) is 64.9 Å². The van der Waals surface area contributed by atoms with Gasteiger partial charge >= 0.3 is 0 Å². The molecule has 2 aromatic rings. The monoisotopic (exact) mass is 217 g/mol. The van der Waals surface area contributed by atoms with Crippen LogP contribution in [0, 0.1) is 0 Å². The van der Waals surface area contributed by atoms with Crippen molar-refractivity contribution in [1.82, 2.24) is 10.1 Å². The molecule has 4 heteroatoms. The lowest BCUT2D eigenvalue weighted by Crippen LogP contribution is -2.12. The van der Waals surface area contributed by atoms with Crippen LogP contribution >= 0.6 is 0 Å². The quantitative estimate of drug-likeness (QED) is 0.851. The second-order valence-electron chi connectivity index (χ2n) is 3.69. The molecular weight excluding hydrogens is 202 g/mol. The SMILES string of the molecule is CCCc1noc([C@@H](N)c2ccccc2)n1. The molecule has 84 valence electrons. The van der Waals surface area contributed by atoms with Crippen molar-refractivity contribution in [2.75, 3.05) is 0 Å². The van der Waals surface area contributed by atoms with E-state index in [-0.39, 0.29) is 6.04 Å². The highest BCUT2D eigenvalue weighted by molar-refractivity contribution is 5.22. The first-order chi connectivity index (χ1) is 7.81. The van der Waals surface area contributed by atoms with Gasteiger partial charge < -0.3 is 10.3 Å². The zero-order valence-corrected chi connectivity index (χ0v) is 9.26. The van der Waals surface area contributed by atoms with Crippen molar-refractivity contribution < 1.29 is 4.52 Å². The molecule has 0 radical (unpaired) electrons. The van der Waals surface area contributed by atoms with Gasteiger partial charge in [0.05, 0.1) is 0 Å². The summed E-state index contributed by atoms with van der Waals surface area (Å²) in [5.41, 5.74) is 7.01. The summed E-state index contributed by atoms with van der Waals surface area (Å²) in [7, 11) is 0. The summed E-state index contributed by atoms with van der Waals surface area (Å²) in [6.45, 7) is 2.08. The molecule has 0 fully saturated rings. The van der Waals surface area contributed by atoms with Crippen LogP contribution in [-0.4, -0.2) is 10.1 Å². The normalized spacial score (nSPS) is 12.6. The highest BCUT2D eigenvalue weighted by Crippen LogP contribution is 2.17. The molecule has 0 spiro atoms. The fraction of sp³-hybridized carbons (Fsp3) is 0.333. The van der Waals surface area contributed by atoms with Crippen LogP contribution in [0.25, 0.3) is 0 Å². The van der Waals surface area contributed by atoms with E-state index in [1.165, 1.54) is 0 Å². The van der Waals surface area contributed by atoms with Gasteiger partial charge in [-0.15, -0.1) is 0 Å². The Kier molecular flexibility index (Phi) is 3.31. The molecule has 0 aliphatic carbocycles. The van der Waals surface area contributed by atoms with Crippen LogP contribution in [0.15, 0.2) is 34.9 Å². The molecule has 2 rings (SSSR count). The number of nitrogens with zero attached hydrogens (tertiary/aromatic N) is 2. The van der Waals surface area contributed by atoms with Crippen LogP contribution in [0.2, 0.25) is 0 Å². The average molecular weight is 217 g/mol.